The second-order valence-electron chi connectivity index (χ2n) is 7.92. The monoisotopic (exact) mass is 397 g/mol. The van der Waals surface area contributed by atoms with Crippen molar-refractivity contribution in [2.24, 2.45) is 5.92 Å². The highest BCUT2D eigenvalue weighted by Crippen LogP contribution is 2.24. The minimum absolute atomic E-state index is 0.0817. The first-order valence-corrected chi connectivity index (χ1v) is 10.6. The molecule has 1 aliphatic heterocycles. The van der Waals surface area contributed by atoms with E-state index < -0.39 is 5.97 Å². The summed E-state index contributed by atoms with van der Waals surface area (Å²) in [5.74, 6) is 0.594. The predicted molar refractivity (Wildman–Crippen MR) is 113 cm³/mol. The highest BCUT2D eigenvalue weighted by atomic mass is 16.5. The van der Waals surface area contributed by atoms with Crippen LogP contribution in [0.2, 0.25) is 0 Å². The number of hydrogen-bond donors (Lipinski definition) is 0. The number of benzene rings is 1. The number of ether oxygens (including phenoxy) is 1. The Morgan fingerprint density at radius 3 is 2.41 bits per heavy atom. The largest absolute Gasteiger partial charge is 0.461 e. The zero-order valence-electron chi connectivity index (χ0n) is 17.9. The standard InChI is InChI=1S/C23H31N3O3/c1-5-17(4)21-15-20(23(28)29-6-2)24-26(21)19-9-7-18(8-10-19)22(27)25-13-11-16(3)12-14-25/h7-10,15-17H,5-6,11-14H2,1-4H3/t17-/m1/s1. The van der Waals surface area contributed by atoms with Crippen molar-refractivity contribution >= 4 is 11.9 Å². The molecule has 29 heavy (non-hydrogen) atoms. The van der Waals surface area contributed by atoms with Crippen LogP contribution in [0.1, 0.15) is 79.4 Å². The van der Waals surface area contributed by atoms with E-state index in [2.05, 4.69) is 25.9 Å². The molecule has 0 spiro atoms. The van der Waals surface area contributed by atoms with E-state index in [1.807, 2.05) is 29.2 Å². The molecule has 6 heteroatoms. The topological polar surface area (TPSA) is 64.4 Å². The van der Waals surface area contributed by atoms with E-state index in [0.29, 0.717) is 23.8 Å². The molecule has 3 rings (SSSR count). The predicted octanol–water partition coefficient (Wildman–Crippen LogP) is 4.43. The Morgan fingerprint density at radius 1 is 1.17 bits per heavy atom. The van der Waals surface area contributed by atoms with E-state index in [9.17, 15) is 9.59 Å². The van der Waals surface area contributed by atoms with Crippen molar-refractivity contribution in [3.63, 3.8) is 0 Å². The molecule has 1 aromatic heterocycles. The number of rotatable bonds is 6. The minimum atomic E-state index is -0.415. The van der Waals surface area contributed by atoms with Gasteiger partial charge in [-0.1, -0.05) is 20.8 Å². The second-order valence-corrected chi connectivity index (χ2v) is 7.92. The van der Waals surface area contributed by atoms with Gasteiger partial charge in [-0.25, -0.2) is 9.48 Å². The first-order valence-electron chi connectivity index (χ1n) is 10.6. The van der Waals surface area contributed by atoms with Crippen molar-refractivity contribution in [1.82, 2.24) is 14.7 Å². The number of carbonyl (C=O) groups excluding carboxylic acids is 2. The van der Waals surface area contributed by atoms with Crippen LogP contribution in [-0.2, 0) is 4.74 Å². The van der Waals surface area contributed by atoms with Crippen molar-refractivity contribution in [1.29, 1.82) is 0 Å². The summed E-state index contributed by atoms with van der Waals surface area (Å²) in [5.41, 5.74) is 2.79. The van der Waals surface area contributed by atoms with Gasteiger partial charge in [0.2, 0.25) is 0 Å². The molecule has 1 atom stereocenters. The van der Waals surface area contributed by atoms with Crippen LogP contribution in [-0.4, -0.2) is 46.3 Å². The molecule has 0 N–H and O–H groups in total. The molecule has 0 aliphatic carbocycles. The lowest BCUT2D eigenvalue weighted by Gasteiger charge is -2.30. The lowest BCUT2D eigenvalue weighted by molar-refractivity contribution is 0.0518. The number of nitrogens with zero attached hydrogens (tertiary/aromatic N) is 3. The molecular formula is C23H31N3O3. The van der Waals surface area contributed by atoms with Crippen LogP contribution in [0.3, 0.4) is 0 Å². The number of esters is 1. The van der Waals surface area contributed by atoms with Gasteiger partial charge >= 0.3 is 5.97 Å². The molecule has 156 valence electrons. The smallest absolute Gasteiger partial charge is 0.358 e. The van der Waals surface area contributed by atoms with Crippen molar-refractivity contribution < 1.29 is 14.3 Å². The van der Waals surface area contributed by atoms with Crippen molar-refractivity contribution in [2.45, 2.75) is 52.9 Å². The van der Waals surface area contributed by atoms with E-state index in [-0.39, 0.29) is 11.8 Å². The second kappa shape index (κ2) is 9.25. The summed E-state index contributed by atoms with van der Waals surface area (Å²) in [6.07, 6.45) is 3.05. The number of amides is 1. The molecule has 1 aliphatic rings. The summed E-state index contributed by atoms with van der Waals surface area (Å²) in [6.45, 7) is 10.2. The van der Waals surface area contributed by atoms with Crippen molar-refractivity contribution in [2.75, 3.05) is 19.7 Å². The van der Waals surface area contributed by atoms with Gasteiger partial charge in [0, 0.05) is 24.3 Å². The Bertz CT molecular complexity index is 849. The molecular weight excluding hydrogens is 366 g/mol. The van der Waals surface area contributed by atoms with E-state index in [0.717, 1.165) is 43.7 Å². The van der Waals surface area contributed by atoms with E-state index in [1.54, 1.807) is 17.7 Å². The molecule has 0 saturated carbocycles. The van der Waals surface area contributed by atoms with Gasteiger partial charge in [0.05, 0.1) is 12.3 Å². The highest BCUT2D eigenvalue weighted by Gasteiger charge is 2.22. The van der Waals surface area contributed by atoms with Crippen LogP contribution in [0.5, 0.6) is 0 Å². The zero-order valence-corrected chi connectivity index (χ0v) is 17.9. The lowest BCUT2D eigenvalue weighted by Crippen LogP contribution is -2.37. The van der Waals surface area contributed by atoms with Crippen molar-refractivity contribution in [3.8, 4) is 5.69 Å². The molecule has 1 saturated heterocycles. The van der Waals surface area contributed by atoms with Gasteiger partial charge in [0.25, 0.3) is 5.91 Å². The van der Waals surface area contributed by atoms with Crippen LogP contribution >= 0.6 is 0 Å². The minimum Gasteiger partial charge on any atom is -0.461 e. The fourth-order valence-corrected chi connectivity index (χ4v) is 3.61. The molecule has 1 amide bonds. The summed E-state index contributed by atoms with van der Waals surface area (Å²) >= 11 is 0. The van der Waals surface area contributed by atoms with E-state index in [4.69, 9.17) is 4.74 Å². The highest BCUT2D eigenvalue weighted by molar-refractivity contribution is 5.94. The molecule has 1 aromatic carbocycles. The average Bonchev–Trinajstić information content (AvgIpc) is 3.19. The van der Waals surface area contributed by atoms with Crippen LogP contribution in [0.15, 0.2) is 30.3 Å². The lowest BCUT2D eigenvalue weighted by atomic mass is 9.98. The average molecular weight is 398 g/mol. The number of likely N-dealkylation sites (tertiary alicyclic amines) is 1. The summed E-state index contributed by atoms with van der Waals surface area (Å²) in [6, 6.07) is 9.30. The molecule has 2 heterocycles. The first-order chi connectivity index (χ1) is 13.9. The van der Waals surface area contributed by atoms with Gasteiger partial charge in [0.15, 0.2) is 5.69 Å². The maximum Gasteiger partial charge on any atom is 0.358 e. The van der Waals surface area contributed by atoms with E-state index >= 15 is 0 Å². The summed E-state index contributed by atoms with van der Waals surface area (Å²) < 4.78 is 6.89. The van der Waals surface area contributed by atoms with Gasteiger partial charge < -0.3 is 9.64 Å². The fraction of sp³-hybridized carbons (Fsp3) is 0.522. The third-order valence-corrected chi connectivity index (χ3v) is 5.77. The van der Waals surface area contributed by atoms with Crippen molar-refractivity contribution in [3.05, 3.63) is 47.3 Å². The molecule has 0 unspecified atom stereocenters. The third kappa shape index (κ3) is 4.69. The molecule has 1 fully saturated rings. The Morgan fingerprint density at radius 2 is 1.83 bits per heavy atom. The van der Waals surface area contributed by atoms with Crippen LogP contribution in [0, 0.1) is 5.92 Å². The summed E-state index contributed by atoms with van der Waals surface area (Å²) in [7, 11) is 0. The molecule has 6 nitrogen and oxygen atoms in total. The van der Waals surface area contributed by atoms with Gasteiger partial charge in [-0.05, 0) is 68.4 Å². The van der Waals surface area contributed by atoms with Crippen LogP contribution in [0.4, 0.5) is 0 Å². The quantitative estimate of drug-likeness (QED) is 0.676. The Balaban J connectivity index is 1.85. The maximum absolute atomic E-state index is 12.8. The first kappa shape index (κ1) is 21.1. The van der Waals surface area contributed by atoms with Gasteiger partial charge in [-0.3, -0.25) is 4.79 Å². The third-order valence-electron chi connectivity index (χ3n) is 5.77. The molecule has 2 aromatic rings. The Labute approximate surface area is 172 Å². The summed E-state index contributed by atoms with van der Waals surface area (Å²) in [5, 5.41) is 4.49. The Hall–Kier alpha value is -2.63. The van der Waals surface area contributed by atoms with Gasteiger partial charge in [0.1, 0.15) is 0 Å². The molecule has 0 bridgehead atoms. The van der Waals surface area contributed by atoms with E-state index in [1.165, 1.54) is 0 Å². The summed E-state index contributed by atoms with van der Waals surface area (Å²) in [4.78, 5) is 26.9. The Kier molecular flexibility index (Phi) is 6.72. The van der Waals surface area contributed by atoms with Gasteiger partial charge in [-0.15, -0.1) is 0 Å². The van der Waals surface area contributed by atoms with Crippen LogP contribution < -0.4 is 0 Å². The zero-order chi connectivity index (χ0) is 21.0. The fourth-order valence-electron chi connectivity index (χ4n) is 3.61. The molecule has 0 radical (unpaired) electrons. The number of piperidine rings is 1. The van der Waals surface area contributed by atoms with Gasteiger partial charge in [-0.2, -0.15) is 5.10 Å². The maximum atomic E-state index is 12.8. The SMILES string of the molecule is CCOC(=O)c1cc([C@H](C)CC)n(-c2ccc(C(=O)N3CCC(C)CC3)cc2)n1. The van der Waals surface area contributed by atoms with Crippen LogP contribution in [0.25, 0.3) is 5.69 Å². The number of aromatic nitrogens is 2. The number of hydrogen-bond acceptors (Lipinski definition) is 4. The number of carbonyl (C=O) groups is 2. The normalized spacial score (nSPS) is 15.9.